The highest BCUT2D eigenvalue weighted by Gasteiger charge is 2.35. The van der Waals surface area contributed by atoms with Crippen LogP contribution in [0, 0.1) is 0 Å². The van der Waals surface area contributed by atoms with Crippen LogP contribution in [-0.4, -0.2) is 37.0 Å². The Morgan fingerprint density at radius 1 is 1.09 bits per heavy atom. The molecule has 9 nitrogen and oxygen atoms in total. The zero-order valence-electron chi connectivity index (χ0n) is 17.2. The molecule has 1 aromatic carbocycles. The normalized spacial score (nSPS) is 15.6. The zero-order chi connectivity index (χ0) is 23.1. The number of hydrogen-bond donors (Lipinski definition) is 2. The standard InChI is InChI=1S/C22H21ClN2O7/c1-2-30-21(28)19-15(24-22(29)25-20(19)17-4-3-11-31-17)12-32-18(27)10-9-16(26)13-5-7-14(23)8-6-13/h3-8,11,20H,2,9-10,12H2,1H3,(H2,24,25,29)/t20-/m1/s1. The number of halogens is 1. The SMILES string of the molecule is CCOC(=O)C1=C(COC(=O)CCC(=O)c2ccc(Cl)cc2)NC(=O)N[C@@H]1c1ccco1. The molecule has 2 aromatic rings. The number of nitrogens with one attached hydrogen (secondary N) is 2. The van der Waals surface area contributed by atoms with Crippen LogP contribution in [0.3, 0.4) is 0 Å². The molecule has 3 rings (SSSR count). The Bertz CT molecular complexity index is 1030. The maximum atomic E-state index is 12.6. The van der Waals surface area contributed by atoms with Gasteiger partial charge in [-0.1, -0.05) is 11.6 Å². The predicted octanol–water partition coefficient (Wildman–Crippen LogP) is 3.31. The highest BCUT2D eigenvalue weighted by Crippen LogP contribution is 2.28. The van der Waals surface area contributed by atoms with Gasteiger partial charge in [-0.25, -0.2) is 9.59 Å². The van der Waals surface area contributed by atoms with Gasteiger partial charge in [0.2, 0.25) is 0 Å². The number of Topliss-reactive ketones (excluding diaryl/α,β-unsaturated/α-hetero) is 1. The number of ether oxygens (including phenoxy) is 2. The molecule has 0 aliphatic carbocycles. The molecule has 2 N–H and O–H groups in total. The molecule has 0 saturated carbocycles. The van der Waals surface area contributed by atoms with Crippen molar-refractivity contribution in [2.24, 2.45) is 0 Å². The van der Waals surface area contributed by atoms with Crippen molar-refractivity contribution in [3.8, 4) is 0 Å². The lowest BCUT2D eigenvalue weighted by molar-refractivity contribution is -0.143. The Labute approximate surface area is 188 Å². The van der Waals surface area contributed by atoms with Crippen molar-refractivity contribution in [2.45, 2.75) is 25.8 Å². The van der Waals surface area contributed by atoms with E-state index in [2.05, 4.69) is 10.6 Å². The van der Waals surface area contributed by atoms with E-state index in [1.54, 1.807) is 43.3 Å². The van der Waals surface area contributed by atoms with Crippen molar-refractivity contribution in [1.29, 1.82) is 0 Å². The van der Waals surface area contributed by atoms with Gasteiger partial charge < -0.3 is 24.5 Å². The van der Waals surface area contributed by atoms with Gasteiger partial charge in [0.25, 0.3) is 0 Å². The molecular weight excluding hydrogens is 440 g/mol. The van der Waals surface area contributed by atoms with Gasteiger partial charge >= 0.3 is 18.0 Å². The fourth-order valence-corrected chi connectivity index (χ4v) is 3.20. The summed E-state index contributed by atoms with van der Waals surface area (Å²) >= 11 is 5.80. The topological polar surface area (TPSA) is 124 Å². The van der Waals surface area contributed by atoms with Crippen LogP contribution < -0.4 is 10.6 Å². The number of hydrogen-bond acceptors (Lipinski definition) is 7. The lowest BCUT2D eigenvalue weighted by atomic mass is 10.0. The van der Waals surface area contributed by atoms with Gasteiger partial charge in [0.15, 0.2) is 5.78 Å². The van der Waals surface area contributed by atoms with Crippen molar-refractivity contribution in [2.75, 3.05) is 13.2 Å². The molecule has 0 radical (unpaired) electrons. The van der Waals surface area contributed by atoms with Gasteiger partial charge in [0, 0.05) is 17.0 Å². The zero-order valence-corrected chi connectivity index (χ0v) is 17.9. The molecule has 1 aromatic heterocycles. The lowest BCUT2D eigenvalue weighted by Gasteiger charge is -2.27. The number of rotatable bonds is 9. The number of amides is 2. The minimum atomic E-state index is -0.905. The predicted molar refractivity (Wildman–Crippen MR) is 113 cm³/mol. The minimum Gasteiger partial charge on any atom is -0.467 e. The van der Waals surface area contributed by atoms with Crippen LogP contribution >= 0.6 is 11.6 Å². The van der Waals surface area contributed by atoms with E-state index in [4.69, 9.17) is 25.5 Å². The van der Waals surface area contributed by atoms with Gasteiger partial charge in [0.1, 0.15) is 18.4 Å². The maximum Gasteiger partial charge on any atom is 0.338 e. The first-order chi connectivity index (χ1) is 15.4. The molecule has 0 fully saturated rings. The first-order valence-corrected chi connectivity index (χ1v) is 10.2. The monoisotopic (exact) mass is 460 g/mol. The molecule has 0 saturated heterocycles. The second kappa shape index (κ2) is 10.6. The maximum absolute atomic E-state index is 12.6. The molecular formula is C22H21ClN2O7. The number of carbonyl (C=O) groups is 4. The summed E-state index contributed by atoms with van der Waals surface area (Å²) in [5.74, 6) is -1.27. The Balaban J connectivity index is 1.68. The molecule has 2 heterocycles. The average Bonchev–Trinajstić information content (AvgIpc) is 3.31. The van der Waals surface area contributed by atoms with E-state index in [-0.39, 0.29) is 43.1 Å². The largest absolute Gasteiger partial charge is 0.467 e. The Morgan fingerprint density at radius 3 is 2.50 bits per heavy atom. The molecule has 0 bridgehead atoms. The molecule has 1 aliphatic heterocycles. The van der Waals surface area contributed by atoms with E-state index in [1.165, 1.54) is 6.26 Å². The third kappa shape index (κ3) is 5.76. The Hall–Kier alpha value is -3.59. The Kier molecular flexibility index (Phi) is 7.67. The highest BCUT2D eigenvalue weighted by atomic mass is 35.5. The van der Waals surface area contributed by atoms with Crippen molar-refractivity contribution in [3.63, 3.8) is 0 Å². The van der Waals surface area contributed by atoms with Crippen molar-refractivity contribution >= 4 is 35.4 Å². The third-order valence-electron chi connectivity index (χ3n) is 4.58. The molecule has 0 unspecified atom stereocenters. The summed E-state index contributed by atoms with van der Waals surface area (Å²) in [6.45, 7) is 1.38. The lowest BCUT2D eigenvalue weighted by Crippen LogP contribution is -2.47. The first-order valence-electron chi connectivity index (χ1n) is 9.84. The summed E-state index contributed by atoms with van der Waals surface area (Å²) in [5.41, 5.74) is 0.568. The minimum absolute atomic E-state index is 0.0615. The summed E-state index contributed by atoms with van der Waals surface area (Å²) in [6, 6.07) is 8.04. The van der Waals surface area contributed by atoms with E-state index in [1.807, 2.05) is 0 Å². The second-order valence-corrected chi connectivity index (χ2v) is 7.19. The molecule has 168 valence electrons. The van der Waals surface area contributed by atoms with E-state index in [0.29, 0.717) is 16.3 Å². The smallest absolute Gasteiger partial charge is 0.338 e. The molecule has 32 heavy (non-hydrogen) atoms. The molecule has 10 heteroatoms. The quantitative estimate of drug-likeness (QED) is 0.434. The molecule has 2 amide bonds. The van der Waals surface area contributed by atoms with E-state index < -0.39 is 24.0 Å². The van der Waals surface area contributed by atoms with Crippen LogP contribution in [0.1, 0.15) is 41.9 Å². The number of ketones is 1. The fourth-order valence-electron chi connectivity index (χ4n) is 3.07. The number of carbonyl (C=O) groups excluding carboxylic acids is 4. The van der Waals surface area contributed by atoms with Crippen LogP contribution in [0.25, 0.3) is 0 Å². The fraction of sp³-hybridized carbons (Fsp3) is 0.273. The molecule has 1 atom stereocenters. The van der Waals surface area contributed by atoms with E-state index in [0.717, 1.165) is 0 Å². The summed E-state index contributed by atoms with van der Waals surface area (Å²) in [4.78, 5) is 49.0. The van der Waals surface area contributed by atoms with Gasteiger partial charge in [-0.2, -0.15) is 0 Å². The number of furan rings is 1. The Morgan fingerprint density at radius 2 is 1.84 bits per heavy atom. The summed E-state index contributed by atoms with van der Waals surface area (Å²) < 4.78 is 15.6. The number of urea groups is 1. The third-order valence-corrected chi connectivity index (χ3v) is 4.83. The van der Waals surface area contributed by atoms with Crippen LogP contribution in [0.5, 0.6) is 0 Å². The van der Waals surface area contributed by atoms with Crippen LogP contribution in [-0.2, 0) is 19.1 Å². The average molecular weight is 461 g/mol. The van der Waals surface area contributed by atoms with Crippen molar-refractivity contribution in [1.82, 2.24) is 10.6 Å². The summed E-state index contributed by atoms with van der Waals surface area (Å²) in [5, 5.41) is 5.57. The molecule has 1 aliphatic rings. The first kappa shape index (κ1) is 23.1. The van der Waals surface area contributed by atoms with Gasteiger partial charge in [-0.05, 0) is 43.3 Å². The summed E-state index contributed by atoms with van der Waals surface area (Å²) in [6.07, 6.45) is 1.17. The highest BCUT2D eigenvalue weighted by molar-refractivity contribution is 6.30. The molecule has 0 spiro atoms. The van der Waals surface area contributed by atoms with Gasteiger partial charge in [-0.15, -0.1) is 0 Å². The van der Waals surface area contributed by atoms with E-state index in [9.17, 15) is 19.2 Å². The van der Waals surface area contributed by atoms with E-state index >= 15 is 0 Å². The van der Waals surface area contributed by atoms with Crippen molar-refractivity contribution < 1.29 is 33.1 Å². The van der Waals surface area contributed by atoms with Gasteiger partial charge in [-0.3, -0.25) is 9.59 Å². The number of benzene rings is 1. The van der Waals surface area contributed by atoms with Crippen LogP contribution in [0.4, 0.5) is 4.79 Å². The second-order valence-electron chi connectivity index (χ2n) is 6.75. The van der Waals surface area contributed by atoms with Crippen LogP contribution in [0.15, 0.2) is 58.3 Å². The van der Waals surface area contributed by atoms with Crippen molar-refractivity contribution in [3.05, 3.63) is 70.3 Å². The summed E-state index contributed by atoms with van der Waals surface area (Å²) in [7, 11) is 0. The van der Waals surface area contributed by atoms with Crippen LogP contribution in [0.2, 0.25) is 5.02 Å². The number of esters is 2. The van der Waals surface area contributed by atoms with Gasteiger partial charge in [0.05, 0.1) is 30.6 Å².